The Labute approximate surface area is 90.5 Å². The predicted octanol–water partition coefficient (Wildman–Crippen LogP) is 2.11. The van der Waals surface area contributed by atoms with Crippen LogP contribution in [0.2, 0.25) is 0 Å². The van der Waals surface area contributed by atoms with Crippen LogP contribution in [0.1, 0.15) is 32.6 Å². The van der Waals surface area contributed by atoms with Crippen LogP contribution in [-0.2, 0) is 14.3 Å². The van der Waals surface area contributed by atoms with Crippen LogP contribution in [0.4, 0.5) is 0 Å². The molecule has 15 heavy (non-hydrogen) atoms. The van der Waals surface area contributed by atoms with E-state index in [1.807, 2.05) is 19.1 Å². The number of hydrogen-bond acceptors (Lipinski definition) is 3. The summed E-state index contributed by atoms with van der Waals surface area (Å²) in [5.41, 5.74) is 0. The zero-order valence-electron chi connectivity index (χ0n) is 9.36. The summed E-state index contributed by atoms with van der Waals surface area (Å²) in [5.74, 6) is -0.411. The number of ether oxygens (including phenoxy) is 1. The number of esters is 1. The first kappa shape index (κ1) is 12.0. The molecule has 0 saturated heterocycles. The van der Waals surface area contributed by atoms with E-state index in [2.05, 4.69) is 0 Å². The fraction of sp³-hybridized carbons (Fsp3) is 0.667. The van der Waals surface area contributed by atoms with Gasteiger partial charge in [-0.3, -0.25) is 9.59 Å². The molecule has 0 N–H and O–H groups in total. The monoisotopic (exact) mass is 210 g/mol. The molecule has 0 bridgehead atoms. The van der Waals surface area contributed by atoms with Crippen LogP contribution in [0.5, 0.6) is 0 Å². The average molecular weight is 210 g/mol. The second-order valence-corrected chi connectivity index (χ2v) is 3.86. The number of carbonyl (C=O) groups excluding carboxylic acids is 2. The molecule has 0 heterocycles. The molecule has 84 valence electrons. The highest BCUT2D eigenvalue weighted by atomic mass is 16.5. The molecule has 1 aliphatic rings. The van der Waals surface area contributed by atoms with Gasteiger partial charge in [0.2, 0.25) is 0 Å². The predicted molar refractivity (Wildman–Crippen MR) is 57.3 cm³/mol. The van der Waals surface area contributed by atoms with Crippen LogP contribution in [0.15, 0.2) is 12.2 Å². The Morgan fingerprint density at radius 2 is 2.27 bits per heavy atom. The minimum Gasteiger partial charge on any atom is -0.469 e. The van der Waals surface area contributed by atoms with E-state index < -0.39 is 0 Å². The second kappa shape index (κ2) is 5.69. The third-order valence-corrected chi connectivity index (χ3v) is 2.90. The summed E-state index contributed by atoms with van der Waals surface area (Å²) in [4.78, 5) is 23.0. The first-order chi connectivity index (χ1) is 7.20. The summed E-state index contributed by atoms with van der Waals surface area (Å²) < 4.78 is 4.70. The van der Waals surface area contributed by atoms with Gasteiger partial charge in [-0.25, -0.2) is 0 Å². The summed E-state index contributed by atoms with van der Waals surface area (Å²) in [7, 11) is 1.38. The van der Waals surface area contributed by atoms with Crippen molar-refractivity contribution in [3.63, 3.8) is 0 Å². The Hall–Kier alpha value is -1.12. The van der Waals surface area contributed by atoms with Crippen LogP contribution >= 0.6 is 0 Å². The number of methoxy groups -OCH3 is 1. The smallest absolute Gasteiger partial charge is 0.309 e. The molecule has 0 aromatic carbocycles. The highest BCUT2D eigenvalue weighted by molar-refractivity contribution is 5.90. The first-order valence-electron chi connectivity index (χ1n) is 5.46. The number of Topliss-reactive ketones (excluding diaryl/α,β-unsaturated/α-hetero) is 1. The molecular formula is C12H18O3. The standard InChI is InChI=1S/C12H18O3/c1-3-4-5-6-9-10(12(14)15-2)7-8-11(9)13/h4-5,9-10H,3,6-8H2,1-2H3/b5-4-/t9-,10+/m1/s1. The van der Waals surface area contributed by atoms with E-state index in [0.29, 0.717) is 19.3 Å². The van der Waals surface area contributed by atoms with Crippen molar-refractivity contribution in [2.75, 3.05) is 7.11 Å². The van der Waals surface area contributed by atoms with Crippen LogP contribution in [0, 0.1) is 11.8 Å². The van der Waals surface area contributed by atoms with Crippen LogP contribution < -0.4 is 0 Å². The number of rotatable bonds is 4. The molecule has 0 aromatic heterocycles. The summed E-state index contributed by atoms with van der Waals surface area (Å²) >= 11 is 0. The normalized spacial score (nSPS) is 26.1. The molecule has 1 fully saturated rings. The maximum Gasteiger partial charge on any atom is 0.309 e. The molecular weight excluding hydrogens is 192 g/mol. The van der Waals surface area contributed by atoms with Gasteiger partial charge < -0.3 is 4.74 Å². The van der Waals surface area contributed by atoms with Gasteiger partial charge in [0.1, 0.15) is 5.78 Å². The molecule has 1 rings (SSSR count). The molecule has 0 spiro atoms. The lowest BCUT2D eigenvalue weighted by Crippen LogP contribution is -2.23. The number of carbonyl (C=O) groups is 2. The third kappa shape index (κ3) is 2.91. The van der Waals surface area contributed by atoms with Gasteiger partial charge in [-0.1, -0.05) is 19.1 Å². The molecule has 0 aliphatic heterocycles. The number of hydrogen-bond donors (Lipinski definition) is 0. The topological polar surface area (TPSA) is 43.4 Å². The highest BCUT2D eigenvalue weighted by Gasteiger charge is 2.38. The molecule has 2 atom stereocenters. The molecule has 3 nitrogen and oxygen atoms in total. The molecule has 1 saturated carbocycles. The zero-order valence-corrected chi connectivity index (χ0v) is 9.36. The number of allylic oxidation sites excluding steroid dienone is 2. The van der Waals surface area contributed by atoms with E-state index in [0.717, 1.165) is 6.42 Å². The minimum atomic E-state index is -0.240. The van der Waals surface area contributed by atoms with Gasteiger partial charge in [-0.05, 0) is 19.3 Å². The lowest BCUT2D eigenvalue weighted by atomic mass is 9.92. The van der Waals surface area contributed by atoms with Crippen LogP contribution in [0.25, 0.3) is 0 Å². The van der Waals surface area contributed by atoms with Crippen molar-refractivity contribution in [2.24, 2.45) is 11.8 Å². The van der Waals surface area contributed by atoms with Gasteiger partial charge >= 0.3 is 5.97 Å². The third-order valence-electron chi connectivity index (χ3n) is 2.90. The van der Waals surface area contributed by atoms with Gasteiger partial charge in [-0.2, -0.15) is 0 Å². The summed E-state index contributed by atoms with van der Waals surface area (Å²) in [6.45, 7) is 2.05. The largest absolute Gasteiger partial charge is 0.469 e. The van der Waals surface area contributed by atoms with Crippen LogP contribution in [-0.4, -0.2) is 18.9 Å². The minimum absolute atomic E-state index is 0.153. The summed E-state index contributed by atoms with van der Waals surface area (Å²) in [6.07, 6.45) is 6.82. The summed E-state index contributed by atoms with van der Waals surface area (Å²) in [6, 6.07) is 0. The van der Waals surface area contributed by atoms with E-state index in [1.54, 1.807) is 0 Å². The van der Waals surface area contributed by atoms with E-state index in [4.69, 9.17) is 4.74 Å². The van der Waals surface area contributed by atoms with Crippen LogP contribution in [0.3, 0.4) is 0 Å². The van der Waals surface area contributed by atoms with Gasteiger partial charge in [0.25, 0.3) is 0 Å². The Kier molecular flexibility index (Phi) is 4.53. The highest BCUT2D eigenvalue weighted by Crippen LogP contribution is 2.32. The van der Waals surface area contributed by atoms with Crippen molar-refractivity contribution >= 4 is 11.8 Å². The average Bonchev–Trinajstić information content (AvgIpc) is 2.60. The Morgan fingerprint density at radius 1 is 1.53 bits per heavy atom. The Balaban J connectivity index is 2.60. The van der Waals surface area contributed by atoms with Gasteiger partial charge in [0, 0.05) is 12.3 Å². The SMILES string of the molecule is CC/C=C\C[C@H]1C(=O)CC[C@@H]1C(=O)OC. The van der Waals surface area contributed by atoms with Gasteiger partial charge in [0.15, 0.2) is 0 Å². The second-order valence-electron chi connectivity index (χ2n) is 3.86. The molecule has 0 radical (unpaired) electrons. The van der Waals surface area contributed by atoms with E-state index >= 15 is 0 Å². The maximum atomic E-state index is 11.6. The molecule has 0 unspecified atom stereocenters. The Morgan fingerprint density at radius 3 is 2.87 bits per heavy atom. The quantitative estimate of drug-likeness (QED) is 0.527. The van der Waals surface area contributed by atoms with E-state index in [1.165, 1.54) is 7.11 Å². The molecule has 0 aromatic rings. The van der Waals surface area contributed by atoms with E-state index in [9.17, 15) is 9.59 Å². The zero-order chi connectivity index (χ0) is 11.3. The molecule has 3 heteroatoms. The number of ketones is 1. The van der Waals surface area contributed by atoms with Crippen molar-refractivity contribution in [2.45, 2.75) is 32.6 Å². The van der Waals surface area contributed by atoms with Crippen molar-refractivity contribution in [3.05, 3.63) is 12.2 Å². The van der Waals surface area contributed by atoms with E-state index in [-0.39, 0.29) is 23.6 Å². The van der Waals surface area contributed by atoms with Crippen molar-refractivity contribution in [1.82, 2.24) is 0 Å². The molecule has 1 aliphatic carbocycles. The van der Waals surface area contributed by atoms with Gasteiger partial charge in [-0.15, -0.1) is 0 Å². The Bertz CT molecular complexity index is 268. The molecule has 0 amide bonds. The van der Waals surface area contributed by atoms with Crippen molar-refractivity contribution in [1.29, 1.82) is 0 Å². The van der Waals surface area contributed by atoms with Crippen molar-refractivity contribution < 1.29 is 14.3 Å². The summed E-state index contributed by atoms with van der Waals surface area (Å²) in [5, 5.41) is 0. The fourth-order valence-corrected chi connectivity index (χ4v) is 2.05. The van der Waals surface area contributed by atoms with Gasteiger partial charge in [0.05, 0.1) is 13.0 Å². The lowest BCUT2D eigenvalue weighted by molar-refractivity contribution is -0.147. The fourth-order valence-electron chi connectivity index (χ4n) is 2.05. The lowest BCUT2D eigenvalue weighted by Gasteiger charge is -2.13. The first-order valence-corrected chi connectivity index (χ1v) is 5.46. The maximum absolute atomic E-state index is 11.6. The van der Waals surface area contributed by atoms with Crippen molar-refractivity contribution in [3.8, 4) is 0 Å².